The summed E-state index contributed by atoms with van der Waals surface area (Å²) in [5.41, 5.74) is 0. The van der Waals surface area contributed by atoms with Gasteiger partial charge in [0, 0.05) is 12.2 Å². The van der Waals surface area contributed by atoms with Gasteiger partial charge in [-0.1, -0.05) is 0 Å². The highest BCUT2D eigenvalue weighted by molar-refractivity contribution is 6.29. The van der Waals surface area contributed by atoms with E-state index < -0.39 is 0 Å². The van der Waals surface area contributed by atoms with Gasteiger partial charge in [0.15, 0.2) is 0 Å². The number of hydrogen-bond acceptors (Lipinski definition) is 1. The molecule has 0 saturated heterocycles. The molecule has 0 bridgehead atoms. The van der Waals surface area contributed by atoms with Gasteiger partial charge in [0.25, 0.3) is 0 Å². The number of halogens is 2. The minimum atomic E-state index is 0. The Kier molecular flexibility index (Phi) is 3.57. The summed E-state index contributed by atoms with van der Waals surface area (Å²) in [4.78, 5) is 3.74. The first-order valence-corrected chi connectivity index (χ1v) is 2.34. The number of rotatable bonds is 0. The molecule has 1 aliphatic rings. The van der Waals surface area contributed by atoms with Crippen molar-refractivity contribution in [3.8, 4) is 0 Å². The average Bonchev–Trinajstić information content (AvgIpc) is 1.69. The fraction of sp³-hybridized carbons (Fsp3) is 0. The third kappa shape index (κ3) is 2.15. The van der Waals surface area contributed by atoms with Crippen molar-refractivity contribution >= 4 is 17.8 Å². The van der Waals surface area contributed by atoms with Crippen LogP contribution in [-0.4, -0.2) is 6.21 Å². The van der Waals surface area contributed by atoms with Crippen molar-refractivity contribution in [1.29, 1.82) is 0 Å². The zero-order chi connectivity index (χ0) is 5.11. The zero-order valence-electron chi connectivity index (χ0n) is 4.01. The molecule has 8 heavy (non-hydrogen) atoms. The lowest BCUT2D eigenvalue weighted by Crippen LogP contribution is -3.00. The summed E-state index contributed by atoms with van der Waals surface area (Å²) in [6, 6.07) is 0. The van der Waals surface area contributed by atoms with Crippen molar-refractivity contribution in [1.82, 2.24) is 4.99 Å². The molecule has 0 aromatic carbocycles. The van der Waals surface area contributed by atoms with Gasteiger partial charge in [-0.15, -0.1) is 0 Å². The molecule has 0 atom stereocenters. The maximum atomic E-state index is 5.43. The summed E-state index contributed by atoms with van der Waals surface area (Å²) in [5.74, 6) is 0. The second-order valence-electron chi connectivity index (χ2n) is 1.15. The highest BCUT2D eigenvalue weighted by Crippen LogP contribution is 1.96. The first-order valence-electron chi connectivity index (χ1n) is 1.96. The molecule has 0 amide bonds. The minimum absolute atomic E-state index is 0. The van der Waals surface area contributed by atoms with Crippen LogP contribution in [0.15, 0.2) is 23.4 Å². The zero-order valence-corrected chi connectivity index (χ0v) is 5.52. The molecular formula is C5H4Cl2N. The molecule has 0 fully saturated rings. The maximum Gasteiger partial charge on any atom is 0.345 e. The summed E-state index contributed by atoms with van der Waals surface area (Å²) in [6.45, 7) is 0. The van der Waals surface area contributed by atoms with E-state index in [1.165, 1.54) is 0 Å². The smallest absolute Gasteiger partial charge is 0.345 e. The standard InChI is InChI=1S/C5H4ClN.ClH/c6-5-3-1-2-4-7-5;/h1-4H;1H/q+1;/p-1. The van der Waals surface area contributed by atoms with Crippen molar-refractivity contribution in [2.75, 3.05) is 0 Å². The summed E-state index contributed by atoms with van der Waals surface area (Å²) < 4.78 is 0. The number of hydrogen-bond donors (Lipinski definition) is 0. The molecule has 1 rings (SSSR count). The van der Waals surface area contributed by atoms with Crippen LogP contribution in [0.4, 0.5) is 0 Å². The van der Waals surface area contributed by atoms with Crippen LogP contribution in [-0.2, 0) is 0 Å². The first kappa shape index (κ1) is 7.73. The Morgan fingerprint density at radius 2 is 2.12 bits per heavy atom. The van der Waals surface area contributed by atoms with Gasteiger partial charge in [-0.2, -0.15) is 0 Å². The Bertz CT molecular complexity index is 147. The summed E-state index contributed by atoms with van der Waals surface area (Å²) in [6.07, 6.45) is 7.06. The van der Waals surface area contributed by atoms with Crippen molar-refractivity contribution in [2.45, 2.75) is 0 Å². The lowest BCUT2D eigenvalue weighted by atomic mass is 10.4. The topological polar surface area (TPSA) is 14.1 Å². The molecule has 0 saturated carbocycles. The Morgan fingerprint density at radius 1 is 1.38 bits per heavy atom. The van der Waals surface area contributed by atoms with E-state index >= 15 is 0 Å². The first-order chi connectivity index (χ1) is 3.39. The van der Waals surface area contributed by atoms with Gasteiger partial charge < -0.3 is 12.4 Å². The van der Waals surface area contributed by atoms with Crippen molar-refractivity contribution in [3.05, 3.63) is 23.4 Å². The second kappa shape index (κ2) is 3.70. The summed E-state index contributed by atoms with van der Waals surface area (Å²) in [7, 11) is 0. The lowest BCUT2D eigenvalue weighted by Gasteiger charge is -1.71. The molecule has 0 aromatic heterocycles. The van der Waals surface area contributed by atoms with Crippen LogP contribution in [0.5, 0.6) is 0 Å². The van der Waals surface area contributed by atoms with Gasteiger partial charge in [-0.3, -0.25) is 0 Å². The molecule has 1 radical (unpaired) electrons. The van der Waals surface area contributed by atoms with Crippen LogP contribution in [0.2, 0.25) is 0 Å². The van der Waals surface area contributed by atoms with Crippen LogP contribution in [0, 0.1) is 0 Å². The van der Waals surface area contributed by atoms with Gasteiger partial charge in [0.1, 0.15) is 0 Å². The minimum Gasteiger partial charge on any atom is -1.00 e. The Hall–Kier alpha value is -0.270. The molecule has 3 heteroatoms. The highest BCUT2D eigenvalue weighted by Gasteiger charge is 1.99. The third-order valence-corrected chi connectivity index (χ3v) is 0.852. The van der Waals surface area contributed by atoms with E-state index in [0.717, 1.165) is 0 Å². The largest absolute Gasteiger partial charge is 1.00 e. The molecule has 0 unspecified atom stereocenters. The van der Waals surface area contributed by atoms with Crippen LogP contribution >= 0.6 is 11.6 Å². The maximum absolute atomic E-state index is 5.43. The van der Waals surface area contributed by atoms with E-state index in [4.69, 9.17) is 11.6 Å². The molecule has 1 nitrogen and oxygen atoms in total. The Labute approximate surface area is 59.2 Å². The van der Waals surface area contributed by atoms with Crippen LogP contribution in [0.25, 0.3) is 0 Å². The van der Waals surface area contributed by atoms with Crippen molar-refractivity contribution in [3.63, 3.8) is 0 Å². The van der Waals surface area contributed by atoms with E-state index in [1.807, 2.05) is 12.2 Å². The molecule has 43 valence electrons. The molecule has 0 aromatic rings. The predicted octanol–water partition coefficient (Wildman–Crippen LogP) is -1.95. The third-order valence-electron chi connectivity index (χ3n) is 0.629. The number of aliphatic imine (C=N–C) groups is 1. The molecule has 0 aliphatic carbocycles. The molecular weight excluding hydrogens is 145 g/mol. The van der Waals surface area contributed by atoms with Gasteiger partial charge in [-0.05, 0) is 17.7 Å². The van der Waals surface area contributed by atoms with Gasteiger partial charge in [0.2, 0.25) is 6.21 Å². The fourth-order valence-electron chi connectivity index (χ4n) is 0.342. The highest BCUT2D eigenvalue weighted by atomic mass is 35.5. The molecule has 1 heterocycles. The van der Waals surface area contributed by atoms with E-state index in [-0.39, 0.29) is 12.4 Å². The lowest BCUT2D eigenvalue weighted by molar-refractivity contribution is -0.00000135. The SMILES string of the molecule is ClC1=CC=CC=[N+]1.[Cl-]. The van der Waals surface area contributed by atoms with Crippen molar-refractivity contribution in [2.24, 2.45) is 0 Å². The summed E-state index contributed by atoms with van der Waals surface area (Å²) in [5, 5.41) is 0.544. The molecule has 0 spiro atoms. The van der Waals surface area contributed by atoms with Gasteiger partial charge in [-0.25, -0.2) is 0 Å². The Morgan fingerprint density at radius 3 is 2.38 bits per heavy atom. The average molecular weight is 149 g/mol. The van der Waals surface area contributed by atoms with Crippen LogP contribution in [0.3, 0.4) is 0 Å². The van der Waals surface area contributed by atoms with E-state index in [0.29, 0.717) is 5.16 Å². The fourth-order valence-corrected chi connectivity index (χ4v) is 0.471. The monoisotopic (exact) mass is 148 g/mol. The normalized spacial score (nSPS) is 14.9. The van der Waals surface area contributed by atoms with Crippen LogP contribution in [0.1, 0.15) is 0 Å². The van der Waals surface area contributed by atoms with Crippen molar-refractivity contribution < 1.29 is 12.4 Å². The van der Waals surface area contributed by atoms with E-state index in [1.54, 1.807) is 12.3 Å². The summed E-state index contributed by atoms with van der Waals surface area (Å²) >= 11 is 5.43. The quantitative estimate of drug-likeness (QED) is 0.355. The number of allylic oxidation sites excluding steroid dienone is 3. The van der Waals surface area contributed by atoms with E-state index in [9.17, 15) is 0 Å². The molecule has 1 aliphatic heterocycles. The Balaban J connectivity index is 0.000000490. The van der Waals surface area contributed by atoms with E-state index in [2.05, 4.69) is 4.99 Å². The molecule has 0 N–H and O–H groups in total. The predicted molar refractivity (Wildman–Crippen MR) is 31.3 cm³/mol. The second-order valence-corrected chi connectivity index (χ2v) is 1.54. The van der Waals surface area contributed by atoms with Crippen LogP contribution < -0.4 is 17.4 Å². The van der Waals surface area contributed by atoms with Gasteiger partial charge >= 0.3 is 5.16 Å². The number of nitrogens with zero attached hydrogens (tertiary/aromatic N) is 1. The van der Waals surface area contributed by atoms with Gasteiger partial charge in [0.05, 0.1) is 4.99 Å².